The van der Waals surface area contributed by atoms with E-state index in [9.17, 15) is 4.39 Å². The maximum absolute atomic E-state index is 13.4. The molecule has 0 spiro atoms. The molecule has 0 aliphatic carbocycles. The van der Waals surface area contributed by atoms with Crippen molar-refractivity contribution in [3.05, 3.63) is 34.6 Å². The molecule has 0 fully saturated rings. The first kappa shape index (κ1) is 11.4. The van der Waals surface area contributed by atoms with E-state index in [1.54, 1.807) is 6.07 Å². The smallest absolute Gasteiger partial charge is 0.128 e. The van der Waals surface area contributed by atoms with E-state index in [1.807, 2.05) is 6.92 Å². The van der Waals surface area contributed by atoms with Crippen molar-refractivity contribution in [1.82, 2.24) is 5.43 Å². The molecule has 0 saturated heterocycles. The molecule has 1 aromatic carbocycles. The van der Waals surface area contributed by atoms with Gasteiger partial charge >= 0.3 is 0 Å². The zero-order valence-electron chi connectivity index (χ0n) is 8.06. The maximum atomic E-state index is 13.4. The third-order valence-corrected chi connectivity index (χ3v) is 2.35. The minimum absolute atomic E-state index is 0.168. The highest BCUT2D eigenvalue weighted by molar-refractivity contribution is 6.30. The van der Waals surface area contributed by atoms with Crippen molar-refractivity contribution in [2.24, 2.45) is 5.84 Å². The van der Waals surface area contributed by atoms with E-state index in [0.717, 1.165) is 12.8 Å². The molecule has 1 unspecified atom stereocenters. The number of rotatable bonds is 4. The summed E-state index contributed by atoms with van der Waals surface area (Å²) in [5.41, 5.74) is 3.12. The van der Waals surface area contributed by atoms with Gasteiger partial charge in [-0.3, -0.25) is 11.3 Å². The zero-order valence-corrected chi connectivity index (χ0v) is 8.81. The molecule has 3 N–H and O–H groups in total. The summed E-state index contributed by atoms with van der Waals surface area (Å²) < 4.78 is 13.4. The Morgan fingerprint density at radius 3 is 2.86 bits per heavy atom. The highest BCUT2D eigenvalue weighted by atomic mass is 35.5. The summed E-state index contributed by atoms with van der Waals surface area (Å²) in [5.74, 6) is 5.08. The fourth-order valence-corrected chi connectivity index (χ4v) is 1.58. The minimum atomic E-state index is -0.272. The molecule has 78 valence electrons. The molecule has 1 rings (SSSR count). The minimum Gasteiger partial charge on any atom is -0.271 e. The first-order valence-electron chi connectivity index (χ1n) is 4.60. The Morgan fingerprint density at radius 2 is 2.29 bits per heavy atom. The number of hydrazine groups is 1. The van der Waals surface area contributed by atoms with Crippen molar-refractivity contribution in [2.75, 3.05) is 0 Å². The fraction of sp³-hybridized carbons (Fsp3) is 0.400. The van der Waals surface area contributed by atoms with E-state index in [1.165, 1.54) is 12.1 Å². The third-order valence-electron chi connectivity index (χ3n) is 2.11. The monoisotopic (exact) mass is 216 g/mol. The average Bonchev–Trinajstić information content (AvgIpc) is 2.18. The number of nitrogens with two attached hydrogens (primary N) is 1. The molecule has 1 atom stereocenters. The fourth-order valence-electron chi connectivity index (χ4n) is 1.40. The molecule has 1 aromatic rings. The van der Waals surface area contributed by atoms with Crippen LogP contribution in [0.3, 0.4) is 0 Å². The summed E-state index contributed by atoms with van der Waals surface area (Å²) in [6.45, 7) is 2.02. The average molecular weight is 217 g/mol. The topological polar surface area (TPSA) is 38.0 Å². The Balaban J connectivity index is 2.96. The summed E-state index contributed by atoms with van der Waals surface area (Å²) in [6, 6.07) is 4.33. The van der Waals surface area contributed by atoms with E-state index >= 15 is 0 Å². The number of hydrogen-bond donors (Lipinski definition) is 2. The second-order valence-corrected chi connectivity index (χ2v) is 3.61. The van der Waals surface area contributed by atoms with Crippen molar-refractivity contribution in [2.45, 2.75) is 25.8 Å². The SMILES string of the molecule is CCCC(NN)c1cc(Cl)ccc1F. The molecule has 2 nitrogen and oxygen atoms in total. The van der Waals surface area contributed by atoms with Gasteiger partial charge in [-0.05, 0) is 24.6 Å². The van der Waals surface area contributed by atoms with Gasteiger partial charge in [0.25, 0.3) is 0 Å². The highest BCUT2D eigenvalue weighted by Gasteiger charge is 2.13. The van der Waals surface area contributed by atoms with Gasteiger partial charge in [-0.2, -0.15) is 0 Å². The van der Waals surface area contributed by atoms with Crippen LogP contribution in [0.15, 0.2) is 18.2 Å². The van der Waals surface area contributed by atoms with Crippen molar-refractivity contribution in [3.8, 4) is 0 Å². The summed E-state index contributed by atoms with van der Waals surface area (Å²) in [4.78, 5) is 0. The van der Waals surface area contributed by atoms with Crippen molar-refractivity contribution in [3.63, 3.8) is 0 Å². The molecular formula is C10H14ClFN2. The Labute approximate surface area is 88.2 Å². The summed E-state index contributed by atoms with van der Waals surface area (Å²) >= 11 is 5.78. The lowest BCUT2D eigenvalue weighted by molar-refractivity contribution is 0.481. The van der Waals surface area contributed by atoms with Crippen LogP contribution in [0.1, 0.15) is 31.4 Å². The van der Waals surface area contributed by atoms with Gasteiger partial charge in [-0.1, -0.05) is 24.9 Å². The van der Waals surface area contributed by atoms with Gasteiger partial charge in [0, 0.05) is 16.6 Å². The molecule has 14 heavy (non-hydrogen) atoms. The van der Waals surface area contributed by atoms with E-state index in [-0.39, 0.29) is 11.9 Å². The molecule has 0 aromatic heterocycles. The lowest BCUT2D eigenvalue weighted by Crippen LogP contribution is -2.28. The molecule has 0 radical (unpaired) electrons. The van der Waals surface area contributed by atoms with Crippen molar-refractivity contribution in [1.29, 1.82) is 0 Å². The van der Waals surface area contributed by atoms with Gasteiger partial charge in [-0.25, -0.2) is 4.39 Å². The predicted molar refractivity (Wildman–Crippen MR) is 56.4 cm³/mol. The van der Waals surface area contributed by atoms with Crippen molar-refractivity contribution < 1.29 is 4.39 Å². The van der Waals surface area contributed by atoms with Gasteiger partial charge in [0.2, 0.25) is 0 Å². The molecule has 0 aliphatic rings. The van der Waals surface area contributed by atoms with Crippen LogP contribution in [0.25, 0.3) is 0 Å². The highest BCUT2D eigenvalue weighted by Crippen LogP contribution is 2.23. The van der Waals surface area contributed by atoms with Crippen LogP contribution >= 0.6 is 11.6 Å². The first-order chi connectivity index (χ1) is 6.69. The quantitative estimate of drug-likeness (QED) is 0.600. The molecule has 0 saturated carbocycles. The van der Waals surface area contributed by atoms with Gasteiger partial charge < -0.3 is 0 Å². The number of halogens is 2. The Morgan fingerprint density at radius 1 is 1.57 bits per heavy atom. The first-order valence-corrected chi connectivity index (χ1v) is 4.98. The second kappa shape index (κ2) is 5.29. The largest absolute Gasteiger partial charge is 0.271 e. The van der Waals surface area contributed by atoms with E-state index in [4.69, 9.17) is 17.4 Å². The molecular weight excluding hydrogens is 203 g/mol. The van der Waals surface area contributed by atoms with Crippen LogP contribution in [0.5, 0.6) is 0 Å². The van der Waals surface area contributed by atoms with Crippen molar-refractivity contribution >= 4 is 11.6 Å². The number of hydrogen-bond acceptors (Lipinski definition) is 2. The normalized spacial score (nSPS) is 12.9. The van der Waals surface area contributed by atoms with Gasteiger partial charge in [0.05, 0.1) is 0 Å². The summed E-state index contributed by atoms with van der Waals surface area (Å²) in [7, 11) is 0. The van der Waals surface area contributed by atoms with Gasteiger partial charge in [0.15, 0.2) is 0 Å². The Hall–Kier alpha value is -0.640. The van der Waals surface area contributed by atoms with Gasteiger partial charge in [0.1, 0.15) is 5.82 Å². The molecule has 0 amide bonds. The van der Waals surface area contributed by atoms with Crippen LogP contribution < -0.4 is 11.3 Å². The number of benzene rings is 1. The van der Waals surface area contributed by atoms with Crippen LogP contribution in [0, 0.1) is 5.82 Å². The van der Waals surface area contributed by atoms with Crippen LogP contribution in [0.4, 0.5) is 4.39 Å². The Kier molecular flexibility index (Phi) is 4.32. The van der Waals surface area contributed by atoms with E-state index in [2.05, 4.69) is 5.43 Å². The maximum Gasteiger partial charge on any atom is 0.128 e. The van der Waals surface area contributed by atoms with E-state index in [0.29, 0.717) is 10.6 Å². The third kappa shape index (κ3) is 2.67. The molecule has 4 heteroatoms. The second-order valence-electron chi connectivity index (χ2n) is 3.17. The zero-order chi connectivity index (χ0) is 10.6. The number of nitrogens with one attached hydrogen (secondary N) is 1. The summed E-state index contributed by atoms with van der Waals surface area (Å²) in [5, 5.41) is 0.526. The van der Waals surface area contributed by atoms with Gasteiger partial charge in [-0.15, -0.1) is 0 Å². The van der Waals surface area contributed by atoms with Crippen LogP contribution in [-0.4, -0.2) is 0 Å². The summed E-state index contributed by atoms with van der Waals surface area (Å²) in [6.07, 6.45) is 1.72. The standard InChI is InChI=1S/C10H14ClFN2/c1-2-3-10(14-13)8-6-7(11)4-5-9(8)12/h4-6,10,14H,2-3,13H2,1H3. The van der Waals surface area contributed by atoms with E-state index < -0.39 is 0 Å². The predicted octanol–water partition coefficient (Wildman–Crippen LogP) is 2.78. The lowest BCUT2D eigenvalue weighted by atomic mass is 10.0. The molecule has 0 bridgehead atoms. The molecule has 0 aliphatic heterocycles. The Bertz CT molecular complexity index is 304. The lowest BCUT2D eigenvalue weighted by Gasteiger charge is -2.16. The van der Waals surface area contributed by atoms with Crippen LogP contribution in [-0.2, 0) is 0 Å². The van der Waals surface area contributed by atoms with Crippen LogP contribution in [0.2, 0.25) is 5.02 Å². The molecule has 0 heterocycles.